The molecule has 0 bridgehead atoms. The lowest BCUT2D eigenvalue weighted by atomic mass is 10.1. The van der Waals surface area contributed by atoms with Crippen LogP contribution in [0.1, 0.15) is 11.1 Å². The average molecular weight is 297 g/mol. The van der Waals surface area contributed by atoms with E-state index in [1.807, 2.05) is 6.07 Å². The molecule has 2 aromatic carbocycles. The fourth-order valence-corrected chi connectivity index (χ4v) is 2.61. The first kappa shape index (κ1) is 11.5. The summed E-state index contributed by atoms with van der Waals surface area (Å²) in [4.78, 5) is 0. The lowest BCUT2D eigenvalue weighted by molar-refractivity contribution is 1.26. The van der Waals surface area contributed by atoms with E-state index >= 15 is 0 Å². The molecule has 1 nitrogen and oxygen atoms in total. The van der Waals surface area contributed by atoms with Crippen molar-refractivity contribution < 1.29 is 0 Å². The topological polar surface area (TPSA) is 26.0 Å². The highest BCUT2D eigenvalue weighted by Crippen LogP contribution is 2.38. The van der Waals surface area contributed by atoms with Crippen LogP contribution in [0, 0.1) is 0 Å². The summed E-state index contributed by atoms with van der Waals surface area (Å²) < 4.78 is 1.14. The van der Waals surface area contributed by atoms with Gasteiger partial charge in [0.1, 0.15) is 0 Å². The van der Waals surface area contributed by atoms with Gasteiger partial charge >= 0.3 is 0 Å². The Balaban J connectivity index is 0.000000963. The zero-order chi connectivity index (χ0) is 10.4. The van der Waals surface area contributed by atoms with Gasteiger partial charge in [-0.1, -0.05) is 28.1 Å². The molecule has 3 heteroatoms. The highest BCUT2D eigenvalue weighted by atomic mass is 79.9. The number of benzene rings is 2. The highest BCUT2D eigenvalue weighted by molar-refractivity contribution is 9.10. The lowest BCUT2D eigenvalue weighted by Gasteiger charge is -2.01. The highest BCUT2D eigenvalue weighted by Gasteiger charge is 2.17. The fraction of sp³-hybridized carbons (Fsp3) is 0.0769. The second kappa shape index (κ2) is 4.11. The summed E-state index contributed by atoms with van der Waals surface area (Å²) in [6, 6.07) is 12.6. The maximum Gasteiger partial charge on any atom is 0.0317 e. The summed E-state index contributed by atoms with van der Waals surface area (Å²) in [5, 5.41) is 0. The molecule has 0 saturated heterocycles. The molecule has 1 aliphatic rings. The van der Waals surface area contributed by atoms with Gasteiger partial charge in [0.05, 0.1) is 0 Å². The first-order chi connectivity index (χ1) is 7.24. The molecule has 0 radical (unpaired) electrons. The summed E-state index contributed by atoms with van der Waals surface area (Å²) in [5.74, 6) is 0. The fourth-order valence-electron chi connectivity index (χ4n) is 2.20. The minimum atomic E-state index is 0. The first-order valence-corrected chi connectivity index (χ1v) is 5.70. The first-order valence-electron chi connectivity index (χ1n) is 4.91. The van der Waals surface area contributed by atoms with Gasteiger partial charge in [-0.05, 0) is 52.9 Å². The standard InChI is InChI=1S/C13H10BrN.ClH/c14-10-1-3-12-8(6-10)5-9-7-11(15)2-4-13(9)12;/h1-4,6-7H,5,15H2;1H. The lowest BCUT2D eigenvalue weighted by Crippen LogP contribution is -1.86. The monoisotopic (exact) mass is 295 g/mol. The van der Waals surface area contributed by atoms with Crippen molar-refractivity contribution in [2.75, 3.05) is 5.73 Å². The second-order valence-corrected chi connectivity index (χ2v) is 4.81. The van der Waals surface area contributed by atoms with E-state index in [2.05, 4.69) is 46.3 Å². The summed E-state index contributed by atoms with van der Waals surface area (Å²) in [5.41, 5.74) is 12.0. The predicted molar refractivity (Wildman–Crippen MR) is 74.0 cm³/mol. The molecular formula is C13H11BrClN. The van der Waals surface area contributed by atoms with Gasteiger partial charge < -0.3 is 5.73 Å². The SMILES string of the molecule is Cl.Nc1ccc2c(c1)Cc1cc(Br)ccc1-2. The van der Waals surface area contributed by atoms with E-state index in [0.29, 0.717) is 0 Å². The van der Waals surface area contributed by atoms with Crippen LogP contribution in [0.15, 0.2) is 40.9 Å². The maximum absolute atomic E-state index is 5.79. The van der Waals surface area contributed by atoms with Crippen molar-refractivity contribution >= 4 is 34.0 Å². The van der Waals surface area contributed by atoms with Gasteiger partial charge in [-0.3, -0.25) is 0 Å². The van der Waals surface area contributed by atoms with E-state index in [1.165, 1.54) is 22.3 Å². The van der Waals surface area contributed by atoms with Crippen LogP contribution >= 0.6 is 28.3 Å². The van der Waals surface area contributed by atoms with Crippen molar-refractivity contribution in [3.63, 3.8) is 0 Å². The Kier molecular flexibility index (Phi) is 2.96. The molecule has 1 aliphatic carbocycles. The van der Waals surface area contributed by atoms with Gasteiger partial charge in [-0.15, -0.1) is 12.4 Å². The molecule has 0 aliphatic heterocycles. The van der Waals surface area contributed by atoms with Crippen LogP contribution in [-0.4, -0.2) is 0 Å². The molecule has 2 N–H and O–H groups in total. The van der Waals surface area contributed by atoms with E-state index in [-0.39, 0.29) is 12.4 Å². The molecule has 0 unspecified atom stereocenters. The van der Waals surface area contributed by atoms with Gasteiger partial charge in [0.15, 0.2) is 0 Å². The van der Waals surface area contributed by atoms with Crippen molar-refractivity contribution in [3.8, 4) is 11.1 Å². The van der Waals surface area contributed by atoms with Crippen LogP contribution in [0.4, 0.5) is 5.69 Å². The largest absolute Gasteiger partial charge is 0.399 e. The van der Waals surface area contributed by atoms with Crippen LogP contribution in [0.2, 0.25) is 0 Å². The van der Waals surface area contributed by atoms with E-state index in [4.69, 9.17) is 5.73 Å². The zero-order valence-corrected chi connectivity index (χ0v) is 10.9. The normalized spacial score (nSPS) is 11.6. The Labute approximate surface area is 109 Å². The van der Waals surface area contributed by atoms with E-state index in [1.54, 1.807) is 0 Å². The number of anilines is 1. The Morgan fingerprint density at radius 1 is 0.938 bits per heavy atom. The van der Waals surface area contributed by atoms with E-state index in [9.17, 15) is 0 Å². The smallest absolute Gasteiger partial charge is 0.0317 e. The van der Waals surface area contributed by atoms with Gasteiger partial charge in [0, 0.05) is 10.2 Å². The number of fused-ring (bicyclic) bond motifs is 3. The molecule has 0 amide bonds. The number of halogens is 2. The van der Waals surface area contributed by atoms with Crippen LogP contribution in [0.3, 0.4) is 0 Å². The Bertz CT molecular complexity index is 502. The molecule has 3 rings (SSSR count). The Hall–Kier alpha value is -0.990. The molecule has 0 saturated carbocycles. The Morgan fingerprint density at radius 2 is 1.56 bits per heavy atom. The minimum Gasteiger partial charge on any atom is -0.399 e. The van der Waals surface area contributed by atoms with E-state index < -0.39 is 0 Å². The van der Waals surface area contributed by atoms with Gasteiger partial charge in [-0.25, -0.2) is 0 Å². The molecule has 16 heavy (non-hydrogen) atoms. The molecule has 0 aromatic heterocycles. The molecular weight excluding hydrogens is 286 g/mol. The summed E-state index contributed by atoms with van der Waals surface area (Å²) in [6.45, 7) is 0. The third-order valence-electron chi connectivity index (χ3n) is 2.87. The van der Waals surface area contributed by atoms with Crippen LogP contribution in [0.5, 0.6) is 0 Å². The number of nitrogen functional groups attached to an aromatic ring is 1. The van der Waals surface area contributed by atoms with E-state index in [0.717, 1.165) is 16.6 Å². The van der Waals surface area contributed by atoms with Gasteiger partial charge in [-0.2, -0.15) is 0 Å². The van der Waals surface area contributed by atoms with Crippen molar-refractivity contribution in [2.24, 2.45) is 0 Å². The van der Waals surface area contributed by atoms with Gasteiger partial charge in [0.25, 0.3) is 0 Å². The van der Waals surface area contributed by atoms with Crippen LogP contribution < -0.4 is 5.73 Å². The summed E-state index contributed by atoms with van der Waals surface area (Å²) >= 11 is 3.50. The molecule has 2 aromatic rings. The van der Waals surface area contributed by atoms with Crippen LogP contribution in [0.25, 0.3) is 11.1 Å². The van der Waals surface area contributed by atoms with Crippen molar-refractivity contribution in [3.05, 3.63) is 52.0 Å². The molecule has 82 valence electrons. The molecule has 0 atom stereocenters. The number of hydrogen-bond acceptors (Lipinski definition) is 1. The second-order valence-electron chi connectivity index (χ2n) is 3.89. The summed E-state index contributed by atoms with van der Waals surface area (Å²) in [7, 11) is 0. The third kappa shape index (κ3) is 1.72. The molecule has 0 spiro atoms. The molecule has 0 heterocycles. The van der Waals surface area contributed by atoms with Crippen molar-refractivity contribution in [1.29, 1.82) is 0 Å². The molecule has 0 fully saturated rings. The minimum absolute atomic E-state index is 0. The van der Waals surface area contributed by atoms with Gasteiger partial charge in [0.2, 0.25) is 0 Å². The van der Waals surface area contributed by atoms with Crippen molar-refractivity contribution in [1.82, 2.24) is 0 Å². The average Bonchev–Trinajstić information content (AvgIpc) is 2.53. The predicted octanol–water partition coefficient (Wildman–Crippen LogP) is 4.02. The Morgan fingerprint density at radius 3 is 2.31 bits per heavy atom. The number of rotatable bonds is 0. The third-order valence-corrected chi connectivity index (χ3v) is 3.36. The van der Waals surface area contributed by atoms with Crippen molar-refractivity contribution in [2.45, 2.75) is 6.42 Å². The maximum atomic E-state index is 5.79. The summed E-state index contributed by atoms with van der Waals surface area (Å²) in [6.07, 6.45) is 0.995. The quantitative estimate of drug-likeness (QED) is 0.623. The van der Waals surface area contributed by atoms with Crippen LogP contribution in [-0.2, 0) is 6.42 Å². The number of nitrogens with two attached hydrogens (primary N) is 1. The number of hydrogen-bond donors (Lipinski definition) is 1. The zero-order valence-electron chi connectivity index (χ0n) is 8.53.